The number of hydrogen-bond donors (Lipinski definition) is 1. The molecule has 0 spiro atoms. The van der Waals surface area contributed by atoms with Crippen molar-refractivity contribution >= 4 is 22.5 Å². The molecule has 216 valence electrons. The Bertz CT molecular complexity index is 1770. The standard InChI is InChI=1S/C37H32ClNO4/c38-37(31-15-18-33(19-16-31)41-24-23-40,39-22-21-30-13-7-8-14-34(30)39)32-17-20-35(42-26-28-9-3-1-4-10-28)36(25-32)43-27-29-11-5-2-6-12-29/h1-22,25,40H,23-24,26-27H2. The highest BCUT2D eigenvalue weighted by Gasteiger charge is 2.36. The van der Waals surface area contributed by atoms with Gasteiger partial charge in [-0.25, -0.2) is 0 Å². The van der Waals surface area contributed by atoms with Gasteiger partial charge >= 0.3 is 0 Å². The summed E-state index contributed by atoms with van der Waals surface area (Å²) in [5.74, 6) is 1.89. The molecule has 0 aliphatic rings. The Labute approximate surface area is 256 Å². The number of fused-ring (bicyclic) bond motifs is 1. The number of benzene rings is 5. The summed E-state index contributed by atoms with van der Waals surface area (Å²) in [6.07, 6.45) is 2.01. The van der Waals surface area contributed by atoms with E-state index in [2.05, 4.69) is 22.8 Å². The third-order valence-electron chi connectivity index (χ3n) is 7.33. The summed E-state index contributed by atoms with van der Waals surface area (Å²) in [5.41, 5.74) is 4.77. The summed E-state index contributed by atoms with van der Waals surface area (Å²) in [6, 6.07) is 43.9. The van der Waals surface area contributed by atoms with Crippen LogP contribution in [0.15, 0.2) is 140 Å². The number of aliphatic hydroxyl groups excluding tert-OH is 1. The van der Waals surface area contributed by atoms with Crippen molar-refractivity contribution in [3.8, 4) is 17.2 Å². The second-order valence-electron chi connectivity index (χ2n) is 10.2. The van der Waals surface area contributed by atoms with Gasteiger partial charge < -0.3 is 23.9 Å². The number of halogens is 1. The lowest BCUT2D eigenvalue weighted by Gasteiger charge is -2.32. The van der Waals surface area contributed by atoms with Gasteiger partial charge in [-0.3, -0.25) is 0 Å². The molecule has 6 heteroatoms. The first kappa shape index (κ1) is 28.4. The average molecular weight is 590 g/mol. The number of aliphatic hydroxyl groups is 1. The molecule has 1 unspecified atom stereocenters. The van der Waals surface area contributed by atoms with Crippen molar-refractivity contribution in [2.24, 2.45) is 0 Å². The van der Waals surface area contributed by atoms with Crippen molar-refractivity contribution in [2.75, 3.05) is 13.2 Å². The van der Waals surface area contributed by atoms with Crippen LogP contribution < -0.4 is 14.2 Å². The molecule has 6 aromatic rings. The van der Waals surface area contributed by atoms with Gasteiger partial charge in [0.2, 0.25) is 0 Å². The molecule has 0 aliphatic heterocycles. The highest BCUT2D eigenvalue weighted by Crippen LogP contribution is 2.44. The van der Waals surface area contributed by atoms with Crippen LogP contribution >= 0.6 is 11.6 Å². The molecule has 43 heavy (non-hydrogen) atoms. The largest absolute Gasteiger partial charge is 0.491 e. The fourth-order valence-corrected chi connectivity index (χ4v) is 5.54. The van der Waals surface area contributed by atoms with E-state index in [0.29, 0.717) is 30.5 Å². The van der Waals surface area contributed by atoms with E-state index in [1.807, 2.05) is 121 Å². The van der Waals surface area contributed by atoms with Crippen molar-refractivity contribution in [1.82, 2.24) is 4.57 Å². The highest BCUT2D eigenvalue weighted by atomic mass is 35.5. The van der Waals surface area contributed by atoms with Gasteiger partial charge in [-0.15, -0.1) is 0 Å². The van der Waals surface area contributed by atoms with Crippen LogP contribution in [0.4, 0.5) is 0 Å². The van der Waals surface area contributed by atoms with E-state index in [-0.39, 0.29) is 13.2 Å². The maximum absolute atomic E-state index is 9.18. The topological polar surface area (TPSA) is 52.9 Å². The van der Waals surface area contributed by atoms with Crippen LogP contribution in [0.5, 0.6) is 17.2 Å². The lowest BCUT2D eigenvalue weighted by Crippen LogP contribution is -2.29. The molecule has 0 saturated carbocycles. The van der Waals surface area contributed by atoms with Crippen LogP contribution in [0.25, 0.3) is 10.9 Å². The fraction of sp³-hybridized carbons (Fsp3) is 0.135. The van der Waals surface area contributed by atoms with Crippen molar-refractivity contribution in [1.29, 1.82) is 0 Å². The molecule has 1 atom stereocenters. The number of para-hydroxylation sites is 1. The zero-order chi connectivity index (χ0) is 29.5. The monoisotopic (exact) mass is 589 g/mol. The van der Waals surface area contributed by atoms with E-state index in [0.717, 1.165) is 33.2 Å². The second kappa shape index (κ2) is 13.1. The summed E-state index contributed by atoms with van der Waals surface area (Å²) in [4.78, 5) is -1.12. The summed E-state index contributed by atoms with van der Waals surface area (Å²) < 4.78 is 20.4. The van der Waals surface area contributed by atoms with Gasteiger partial charge in [0, 0.05) is 11.8 Å². The minimum atomic E-state index is -1.12. The maximum atomic E-state index is 9.18. The predicted molar refractivity (Wildman–Crippen MR) is 171 cm³/mol. The van der Waals surface area contributed by atoms with Crippen LogP contribution in [0, 0.1) is 0 Å². The number of hydrogen-bond acceptors (Lipinski definition) is 4. The molecule has 0 fully saturated rings. The Balaban J connectivity index is 1.43. The summed E-state index contributed by atoms with van der Waals surface area (Å²) in [5, 5.41) is 10.3. The summed E-state index contributed by atoms with van der Waals surface area (Å²) in [7, 11) is 0. The molecule has 1 aromatic heterocycles. The van der Waals surface area contributed by atoms with E-state index < -0.39 is 5.00 Å². The van der Waals surface area contributed by atoms with Crippen molar-refractivity contribution in [2.45, 2.75) is 18.2 Å². The zero-order valence-electron chi connectivity index (χ0n) is 23.6. The first-order valence-corrected chi connectivity index (χ1v) is 14.6. The first-order chi connectivity index (χ1) is 21.1. The summed E-state index contributed by atoms with van der Waals surface area (Å²) in [6.45, 7) is 0.956. The predicted octanol–water partition coefficient (Wildman–Crippen LogP) is 8.16. The minimum Gasteiger partial charge on any atom is -0.491 e. The molecule has 5 aromatic carbocycles. The molecular weight excluding hydrogens is 558 g/mol. The molecule has 0 aliphatic carbocycles. The minimum absolute atomic E-state index is 0.0546. The van der Waals surface area contributed by atoms with Crippen molar-refractivity contribution in [3.63, 3.8) is 0 Å². The normalized spacial score (nSPS) is 12.5. The van der Waals surface area contributed by atoms with Crippen LogP contribution in [-0.4, -0.2) is 22.9 Å². The number of alkyl halides is 1. The van der Waals surface area contributed by atoms with Crippen LogP contribution in [0.2, 0.25) is 0 Å². The SMILES string of the molecule is OCCOc1ccc(C(Cl)(c2ccc(OCc3ccccc3)c(OCc3ccccc3)c2)n2ccc3ccccc32)cc1. The first-order valence-electron chi connectivity index (χ1n) is 14.2. The lowest BCUT2D eigenvalue weighted by atomic mass is 9.96. The molecule has 0 bridgehead atoms. The number of nitrogens with zero attached hydrogens (tertiary/aromatic N) is 1. The second-order valence-corrected chi connectivity index (χ2v) is 10.7. The lowest BCUT2D eigenvalue weighted by molar-refractivity contribution is 0.201. The van der Waals surface area contributed by atoms with E-state index in [4.69, 9.17) is 25.8 Å². The highest BCUT2D eigenvalue weighted by molar-refractivity contribution is 6.26. The summed E-state index contributed by atoms with van der Waals surface area (Å²) >= 11 is 7.79. The fourth-order valence-electron chi connectivity index (χ4n) is 5.15. The number of aromatic nitrogens is 1. The molecule has 1 N–H and O–H groups in total. The smallest absolute Gasteiger partial charge is 0.170 e. The Kier molecular flexibility index (Phi) is 8.64. The molecule has 6 rings (SSSR count). The average Bonchev–Trinajstić information content (AvgIpc) is 3.51. The quantitative estimate of drug-likeness (QED) is 0.146. The third kappa shape index (κ3) is 6.24. The van der Waals surface area contributed by atoms with Crippen LogP contribution in [0.3, 0.4) is 0 Å². The van der Waals surface area contributed by atoms with Gasteiger partial charge in [0.1, 0.15) is 25.6 Å². The van der Waals surface area contributed by atoms with Gasteiger partial charge in [-0.2, -0.15) is 0 Å². The molecule has 0 amide bonds. The number of rotatable bonds is 12. The molecule has 0 radical (unpaired) electrons. The Hall–Kier alpha value is -4.71. The Morgan fingerprint density at radius 1 is 0.605 bits per heavy atom. The molecule has 1 heterocycles. The van der Waals surface area contributed by atoms with E-state index in [1.54, 1.807) is 0 Å². The van der Waals surface area contributed by atoms with Gasteiger partial charge in [-0.05, 0) is 58.5 Å². The van der Waals surface area contributed by atoms with Crippen molar-refractivity contribution < 1.29 is 19.3 Å². The van der Waals surface area contributed by atoms with E-state index >= 15 is 0 Å². The number of ether oxygens (including phenoxy) is 3. The van der Waals surface area contributed by atoms with Gasteiger partial charge in [-0.1, -0.05) is 109 Å². The van der Waals surface area contributed by atoms with Crippen LogP contribution in [-0.2, 0) is 18.2 Å². The molecule has 0 saturated heterocycles. The Morgan fingerprint density at radius 3 is 1.88 bits per heavy atom. The van der Waals surface area contributed by atoms with Crippen LogP contribution in [0.1, 0.15) is 22.3 Å². The maximum Gasteiger partial charge on any atom is 0.170 e. The van der Waals surface area contributed by atoms with Crippen molar-refractivity contribution in [3.05, 3.63) is 162 Å². The molecular formula is C37H32ClNO4. The van der Waals surface area contributed by atoms with E-state index in [1.165, 1.54) is 0 Å². The van der Waals surface area contributed by atoms with Gasteiger partial charge in [0.25, 0.3) is 0 Å². The van der Waals surface area contributed by atoms with Gasteiger partial charge in [0.15, 0.2) is 16.5 Å². The van der Waals surface area contributed by atoms with E-state index in [9.17, 15) is 5.11 Å². The zero-order valence-corrected chi connectivity index (χ0v) is 24.4. The van der Waals surface area contributed by atoms with Gasteiger partial charge in [0.05, 0.1) is 12.1 Å². The third-order valence-corrected chi connectivity index (χ3v) is 7.95. The molecule has 5 nitrogen and oxygen atoms in total. The Morgan fingerprint density at radius 2 is 1.21 bits per heavy atom.